The molecule has 0 bridgehead atoms. The van der Waals surface area contributed by atoms with E-state index in [0.29, 0.717) is 19.6 Å². The van der Waals surface area contributed by atoms with E-state index in [9.17, 15) is 0 Å². The van der Waals surface area contributed by atoms with E-state index in [1.165, 1.54) is 16.8 Å². The van der Waals surface area contributed by atoms with Gasteiger partial charge in [-0.25, -0.2) is 4.98 Å². The summed E-state index contributed by atoms with van der Waals surface area (Å²) in [4.78, 5) is 9.49. The fourth-order valence-corrected chi connectivity index (χ4v) is 6.21. The predicted molar refractivity (Wildman–Crippen MR) is 239 cm³/mol. The number of nitrogens with two attached hydrogens (primary N) is 2. The summed E-state index contributed by atoms with van der Waals surface area (Å²) in [5.41, 5.74) is 18.7. The van der Waals surface area contributed by atoms with E-state index in [1.54, 1.807) is 0 Å². The fourth-order valence-electron chi connectivity index (χ4n) is 6.21. The van der Waals surface area contributed by atoms with Crippen LogP contribution < -0.4 is 32.3 Å². The van der Waals surface area contributed by atoms with Gasteiger partial charge in [-0.3, -0.25) is 0 Å². The van der Waals surface area contributed by atoms with Gasteiger partial charge in [0.25, 0.3) is 0 Å². The summed E-state index contributed by atoms with van der Waals surface area (Å²) in [6, 6.07) is 27.1. The minimum atomic E-state index is 0.0347. The third-order valence-electron chi connectivity index (χ3n) is 8.87. The molecule has 3 aromatic rings. The third-order valence-corrected chi connectivity index (χ3v) is 8.87. The van der Waals surface area contributed by atoms with Crippen molar-refractivity contribution in [2.45, 2.75) is 92.2 Å². The lowest BCUT2D eigenvalue weighted by molar-refractivity contribution is 0.286. The monoisotopic (exact) mass is 751 g/mol. The van der Waals surface area contributed by atoms with Gasteiger partial charge >= 0.3 is 0 Å². The molecule has 302 valence electrons. The van der Waals surface area contributed by atoms with E-state index >= 15 is 0 Å². The zero-order chi connectivity index (χ0) is 40.3. The molecule has 0 amide bonds. The van der Waals surface area contributed by atoms with Crippen LogP contribution in [0, 0.1) is 12.8 Å². The van der Waals surface area contributed by atoms with Crippen molar-refractivity contribution in [3.8, 4) is 0 Å². The van der Waals surface area contributed by atoms with Crippen LogP contribution in [-0.4, -0.2) is 67.8 Å². The molecule has 2 heterocycles. The smallest absolute Gasteiger partial charge is 0.128 e. The maximum atomic E-state index is 5.92. The number of unbranched alkanes of at least 4 members (excludes halogenated alkanes) is 1. The number of aryl methyl sites for hydroxylation is 1. The number of nitrogens with one attached hydrogen (secondary N) is 3. The lowest BCUT2D eigenvalue weighted by atomic mass is 10.0. The molecule has 1 aromatic heterocycles. The Morgan fingerprint density at radius 1 is 0.782 bits per heavy atom. The predicted octanol–water partition coefficient (Wildman–Crippen LogP) is 8.31. The largest absolute Gasteiger partial charge is 0.381 e. The van der Waals surface area contributed by atoms with Gasteiger partial charge in [-0.2, -0.15) is 0 Å². The number of anilines is 1. The summed E-state index contributed by atoms with van der Waals surface area (Å²) in [6.45, 7) is 27.1. The van der Waals surface area contributed by atoms with Crippen LogP contribution in [-0.2, 0) is 6.42 Å². The number of pyridine rings is 1. The summed E-state index contributed by atoms with van der Waals surface area (Å²) in [5.74, 6) is 1.89. The average Bonchev–Trinajstić information content (AvgIpc) is 3.19. The number of rotatable bonds is 20. The highest BCUT2D eigenvalue weighted by molar-refractivity contribution is 5.38. The second-order valence-corrected chi connectivity index (χ2v) is 14.8. The van der Waals surface area contributed by atoms with Crippen molar-refractivity contribution >= 4 is 5.82 Å². The number of benzene rings is 2. The lowest BCUT2D eigenvalue weighted by Gasteiger charge is -2.41. The van der Waals surface area contributed by atoms with Gasteiger partial charge in [0.1, 0.15) is 5.82 Å². The molecule has 2 atom stereocenters. The number of hydrogen-bond acceptors (Lipinski definition) is 8. The highest BCUT2D eigenvalue weighted by Crippen LogP contribution is 2.21. The fraction of sp³-hybridized carbons (Fsp3) is 0.468. The number of hydrogen-bond donors (Lipinski definition) is 5. The average molecular weight is 751 g/mol. The SMILES string of the molecule is C=C(CN)NC(Cc1ccccc1)C(=CCC)NCC(=C)NC(CCCCN)C(=CCC)N1CCN(c2ccccn2)CC1.CC(C)C.Cc1ccccc1. The zero-order valence-corrected chi connectivity index (χ0v) is 35.1. The van der Waals surface area contributed by atoms with E-state index in [0.717, 1.165) is 93.5 Å². The molecule has 7 N–H and O–H groups in total. The molecular formula is C47H74N8. The molecule has 1 saturated heterocycles. The molecule has 1 aliphatic rings. The van der Waals surface area contributed by atoms with Crippen LogP contribution >= 0.6 is 0 Å². The Labute approximate surface area is 335 Å². The van der Waals surface area contributed by atoms with Gasteiger partial charge in [0.15, 0.2) is 0 Å². The Bertz CT molecular complexity index is 1490. The Kier molecular flexibility index (Phi) is 23.7. The van der Waals surface area contributed by atoms with Crippen molar-refractivity contribution in [2.24, 2.45) is 17.4 Å². The molecular weight excluding hydrogens is 677 g/mol. The number of nitrogens with zero attached hydrogens (tertiary/aromatic N) is 3. The molecule has 2 aromatic carbocycles. The quantitative estimate of drug-likeness (QED) is 0.0735. The molecule has 0 saturated carbocycles. The van der Waals surface area contributed by atoms with Crippen molar-refractivity contribution < 1.29 is 0 Å². The minimum absolute atomic E-state index is 0.0347. The Morgan fingerprint density at radius 3 is 1.91 bits per heavy atom. The number of piperazine rings is 1. The van der Waals surface area contributed by atoms with Crippen LogP contribution in [0.25, 0.3) is 0 Å². The number of aromatic nitrogens is 1. The van der Waals surface area contributed by atoms with Crippen molar-refractivity contribution in [3.63, 3.8) is 0 Å². The van der Waals surface area contributed by atoms with E-state index in [-0.39, 0.29) is 12.1 Å². The molecule has 0 spiro atoms. The highest BCUT2D eigenvalue weighted by Gasteiger charge is 2.25. The summed E-state index contributed by atoms with van der Waals surface area (Å²) in [6.07, 6.45) is 12.3. The maximum absolute atomic E-state index is 5.92. The summed E-state index contributed by atoms with van der Waals surface area (Å²) < 4.78 is 0. The second kappa shape index (κ2) is 28.0. The van der Waals surface area contributed by atoms with Gasteiger partial charge in [-0.05, 0) is 75.6 Å². The topological polar surface area (TPSA) is 107 Å². The summed E-state index contributed by atoms with van der Waals surface area (Å²) in [7, 11) is 0. The van der Waals surface area contributed by atoms with Crippen LogP contribution in [0.15, 0.2) is 133 Å². The van der Waals surface area contributed by atoms with Crippen molar-refractivity contribution in [1.82, 2.24) is 25.8 Å². The van der Waals surface area contributed by atoms with Crippen LogP contribution in [0.3, 0.4) is 0 Å². The summed E-state index contributed by atoms with van der Waals surface area (Å²) >= 11 is 0. The Hall–Kier alpha value is -4.53. The van der Waals surface area contributed by atoms with Gasteiger partial charge in [0.05, 0.1) is 18.6 Å². The highest BCUT2D eigenvalue weighted by atomic mass is 15.3. The van der Waals surface area contributed by atoms with E-state index in [2.05, 4.69) is 146 Å². The molecule has 55 heavy (non-hydrogen) atoms. The van der Waals surface area contributed by atoms with Gasteiger partial charge in [0.2, 0.25) is 0 Å². The first-order chi connectivity index (χ1) is 26.6. The minimum Gasteiger partial charge on any atom is -0.381 e. The molecule has 4 rings (SSSR count). The van der Waals surface area contributed by atoms with Crippen molar-refractivity contribution in [3.05, 3.63) is 144 Å². The van der Waals surface area contributed by atoms with Gasteiger partial charge in [-0.15, -0.1) is 0 Å². The molecule has 1 aliphatic heterocycles. The lowest BCUT2D eigenvalue weighted by Crippen LogP contribution is -2.50. The van der Waals surface area contributed by atoms with Crippen molar-refractivity contribution in [2.75, 3.05) is 50.7 Å². The second-order valence-electron chi connectivity index (χ2n) is 14.8. The van der Waals surface area contributed by atoms with E-state index < -0.39 is 0 Å². The standard InChI is InChI=1S/C36H56N8.C7H8.C4H10/c1-5-14-32(34(41-29(3)27-38)26-31-16-8-7-9-17-31)40-28-30(4)42-33(18-10-12-20-37)35(15-6-2)43-22-24-44(25-23-43)36-19-11-13-21-39-36;1-7-5-3-2-4-6-7;1-4(2)3/h7-9,11,13-17,19,21,33-34,40-42H,3-6,10,12,18,20,22-28,37-38H2,1-2H3;2-6H,1H3;4H,1-3H3. The first kappa shape index (κ1) is 46.6. The van der Waals surface area contributed by atoms with Gasteiger partial charge < -0.3 is 37.2 Å². The Morgan fingerprint density at radius 2 is 1.38 bits per heavy atom. The van der Waals surface area contributed by atoms with Crippen LogP contribution in [0.2, 0.25) is 0 Å². The zero-order valence-electron chi connectivity index (χ0n) is 35.1. The van der Waals surface area contributed by atoms with Crippen molar-refractivity contribution in [1.29, 1.82) is 0 Å². The molecule has 2 unspecified atom stereocenters. The van der Waals surface area contributed by atoms with Crippen LogP contribution in [0.1, 0.15) is 77.8 Å². The Balaban J connectivity index is 0.000000819. The molecule has 0 aliphatic carbocycles. The molecule has 8 nitrogen and oxygen atoms in total. The van der Waals surface area contributed by atoms with Crippen LogP contribution in [0.4, 0.5) is 5.82 Å². The normalized spacial score (nSPS) is 14.1. The number of allylic oxidation sites excluding steroid dienone is 2. The molecule has 8 heteroatoms. The van der Waals surface area contributed by atoms with E-state index in [4.69, 9.17) is 11.5 Å². The third kappa shape index (κ3) is 19.6. The molecule has 0 radical (unpaired) electrons. The molecule has 1 fully saturated rings. The summed E-state index contributed by atoms with van der Waals surface area (Å²) in [5, 5.41) is 11.1. The maximum Gasteiger partial charge on any atom is 0.128 e. The van der Waals surface area contributed by atoms with Gasteiger partial charge in [-0.1, -0.05) is 132 Å². The van der Waals surface area contributed by atoms with Gasteiger partial charge in [0, 0.05) is 61.7 Å². The van der Waals surface area contributed by atoms with E-state index in [1.807, 2.05) is 36.5 Å². The van der Waals surface area contributed by atoms with Crippen LogP contribution in [0.5, 0.6) is 0 Å². The first-order valence-electron chi connectivity index (χ1n) is 20.5. The first-order valence-corrected chi connectivity index (χ1v) is 20.5.